The Kier molecular flexibility index (Phi) is 3.69. The quantitative estimate of drug-likeness (QED) is 0.634. The van der Waals surface area contributed by atoms with Gasteiger partial charge in [-0.1, -0.05) is 20.8 Å². The lowest BCUT2D eigenvalue weighted by molar-refractivity contribution is 0.200. The Morgan fingerprint density at radius 3 is 2.13 bits per heavy atom. The van der Waals surface area contributed by atoms with E-state index in [-0.39, 0.29) is 17.6 Å². The summed E-state index contributed by atoms with van der Waals surface area (Å²) >= 11 is 0. The maximum atomic E-state index is 13.8. The van der Waals surface area contributed by atoms with E-state index < -0.39 is 5.41 Å². The van der Waals surface area contributed by atoms with Gasteiger partial charge in [-0.05, 0) is 37.8 Å². The molecule has 0 aromatic rings. The minimum Gasteiger partial charge on any atom is -0.212 e. The van der Waals surface area contributed by atoms with Gasteiger partial charge >= 0.3 is 0 Å². The van der Waals surface area contributed by atoms with E-state index in [1.807, 2.05) is 13.8 Å². The highest BCUT2D eigenvalue weighted by Gasteiger charge is 2.31. The van der Waals surface area contributed by atoms with Gasteiger partial charge in [0.1, 0.15) is 5.83 Å². The van der Waals surface area contributed by atoms with Crippen LogP contribution in [-0.2, 0) is 0 Å². The normalized spacial score (nSPS) is 28.9. The largest absolute Gasteiger partial charge is 0.212 e. The number of hydrogen-bond acceptors (Lipinski definition) is 0. The number of halogens is 2. The van der Waals surface area contributed by atoms with Crippen LogP contribution in [-0.4, -0.2) is 0 Å². The first-order valence-electron chi connectivity index (χ1n) is 5.55. The number of rotatable bonds is 3. The molecular weight excluding hydrogens is 194 g/mol. The summed E-state index contributed by atoms with van der Waals surface area (Å²) in [4.78, 5) is 0. The lowest BCUT2D eigenvalue weighted by Crippen LogP contribution is -2.24. The third-order valence-electron chi connectivity index (χ3n) is 3.05. The Hall–Kier alpha value is -0.660. The van der Waals surface area contributed by atoms with Crippen LogP contribution >= 0.6 is 0 Å². The summed E-state index contributed by atoms with van der Waals surface area (Å²) in [6, 6.07) is 0. The van der Waals surface area contributed by atoms with Gasteiger partial charge in [-0.25, -0.2) is 8.78 Å². The predicted octanol–water partition coefficient (Wildman–Crippen LogP) is 4.79. The Morgan fingerprint density at radius 1 is 1.20 bits per heavy atom. The molecule has 2 unspecified atom stereocenters. The van der Waals surface area contributed by atoms with Crippen LogP contribution in [0.2, 0.25) is 0 Å². The van der Waals surface area contributed by atoms with Gasteiger partial charge in [0.25, 0.3) is 0 Å². The van der Waals surface area contributed by atoms with E-state index in [2.05, 4.69) is 6.92 Å². The second-order valence-corrected chi connectivity index (χ2v) is 5.24. The summed E-state index contributed by atoms with van der Waals surface area (Å²) in [5, 5.41) is 0. The Labute approximate surface area is 91.1 Å². The first kappa shape index (κ1) is 12.4. The fraction of sp³-hybridized carbons (Fsp3) is 0.692. The third-order valence-corrected chi connectivity index (χ3v) is 3.05. The fourth-order valence-electron chi connectivity index (χ4n) is 2.09. The van der Waals surface area contributed by atoms with Crippen LogP contribution in [0.15, 0.2) is 23.8 Å². The van der Waals surface area contributed by atoms with E-state index in [9.17, 15) is 8.78 Å². The highest BCUT2D eigenvalue weighted by molar-refractivity contribution is 5.15. The summed E-state index contributed by atoms with van der Waals surface area (Å²) in [6.45, 7) is 7.09. The molecule has 2 atom stereocenters. The minimum absolute atomic E-state index is 0.0672. The second-order valence-electron chi connectivity index (χ2n) is 5.24. The molecular formula is C13H20F2. The van der Waals surface area contributed by atoms with E-state index in [4.69, 9.17) is 0 Å². The second kappa shape index (κ2) is 4.46. The van der Waals surface area contributed by atoms with Gasteiger partial charge in [-0.15, -0.1) is 0 Å². The van der Waals surface area contributed by atoms with Crippen LogP contribution in [0.3, 0.4) is 0 Å². The fourth-order valence-corrected chi connectivity index (χ4v) is 2.09. The Bertz CT molecular complexity index is 283. The summed E-state index contributed by atoms with van der Waals surface area (Å²) in [5.41, 5.74) is -0.530. The summed E-state index contributed by atoms with van der Waals surface area (Å²) in [5.74, 6) is 0.173. The summed E-state index contributed by atoms with van der Waals surface area (Å²) in [7, 11) is 0. The first-order valence-corrected chi connectivity index (χ1v) is 5.55. The number of allylic oxidation sites excluding steroid dienone is 4. The molecule has 0 heterocycles. The molecule has 1 fully saturated rings. The molecule has 0 N–H and O–H groups in total. The van der Waals surface area contributed by atoms with Crippen molar-refractivity contribution in [3.8, 4) is 0 Å². The monoisotopic (exact) mass is 214 g/mol. The van der Waals surface area contributed by atoms with E-state index in [1.54, 1.807) is 6.08 Å². The van der Waals surface area contributed by atoms with Crippen LogP contribution in [0.5, 0.6) is 0 Å². The molecule has 0 saturated heterocycles. The van der Waals surface area contributed by atoms with Gasteiger partial charge in [0, 0.05) is 11.3 Å². The van der Waals surface area contributed by atoms with Crippen molar-refractivity contribution in [2.24, 2.45) is 17.3 Å². The smallest absolute Gasteiger partial charge is 0.100 e. The molecule has 0 aromatic heterocycles. The zero-order chi connectivity index (χ0) is 11.6. The molecule has 86 valence electrons. The SMILES string of the molecule is C/C(F)=C\C(C)(C)/C=C(/F)C1CCC1C. The first-order chi connectivity index (χ1) is 6.82. The Morgan fingerprint density at radius 2 is 1.80 bits per heavy atom. The predicted molar refractivity (Wildman–Crippen MR) is 59.7 cm³/mol. The van der Waals surface area contributed by atoms with Crippen LogP contribution in [0.1, 0.15) is 40.5 Å². The lowest BCUT2D eigenvalue weighted by atomic mass is 9.73. The van der Waals surface area contributed by atoms with Crippen LogP contribution in [0.4, 0.5) is 8.78 Å². The summed E-state index contributed by atoms with van der Waals surface area (Å²) in [6.07, 6.45) is 5.04. The molecule has 0 amide bonds. The molecule has 0 aliphatic heterocycles. The van der Waals surface area contributed by atoms with Crippen molar-refractivity contribution in [2.75, 3.05) is 0 Å². The van der Waals surface area contributed by atoms with Gasteiger partial charge < -0.3 is 0 Å². The highest BCUT2D eigenvalue weighted by Crippen LogP contribution is 2.41. The van der Waals surface area contributed by atoms with Gasteiger partial charge in [0.05, 0.1) is 5.83 Å². The molecule has 0 nitrogen and oxygen atoms in total. The van der Waals surface area contributed by atoms with Crippen molar-refractivity contribution in [1.82, 2.24) is 0 Å². The van der Waals surface area contributed by atoms with Crippen LogP contribution in [0.25, 0.3) is 0 Å². The minimum atomic E-state index is -0.530. The molecule has 0 bridgehead atoms. The molecule has 1 aliphatic rings. The van der Waals surface area contributed by atoms with Crippen molar-refractivity contribution in [3.05, 3.63) is 23.8 Å². The van der Waals surface area contributed by atoms with Crippen molar-refractivity contribution in [1.29, 1.82) is 0 Å². The zero-order valence-electron chi connectivity index (χ0n) is 9.98. The van der Waals surface area contributed by atoms with E-state index in [0.29, 0.717) is 5.92 Å². The lowest BCUT2D eigenvalue weighted by Gasteiger charge is -2.33. The van der Waals surface area contributed by atoms with Crippen molar-refractivity contribution in [3.63, 3.8) is 0 Å². The molecule has 1 aliphatic carbocycles. The van der Waals surface area contributed by atoms with Crippen molar-refractivity contribution < 1.29 is 8.78 Å². The molecule has 2 heteroatoms. The molecule has 0 radical (unpaired) electrons. The molecule has 1 saturated carbocycles. The average Bonchev–Trinajstić information content (AvgIpc) is 1.97. The topological polar surface area (TPSA) is 0 Å². The molecule has 1 rings (SSSR count). The van der Waals surface area contributed by atoms with E-state index in [0.717, 1.165) is 12.8 Å². The molecule has 15 heavy (non-hydrogen) atoms. The standard InChI is InChI=1S/C13H20F2/c1-9-5-6-11(9)12(15)8-13(3,4)7-10(2)14/h7-9,11H,5-6H2,1-4H3/b10-7+,12-8+. The molecule has 0 aromatic carbocycles. The average molecular weight is 214 g/mol. The number of hydrogen-bond donors (Lipinski definition) is 0. The molecule has 0 spiro atoms. The maximum Gasteiger partial charge on any atom is 0.100 e. The third kappa shape index (κ3) is 3.44. The zero-order valence-corrected chi connectivity index (χ0v) is 9.98. The van der Waals surface area contributed by atoms with Gasteiger partial charge in [0.15, 0.2) is 0 Å². The van der Waals surface area contributed by atoms with Crippen molar-refractivity contribution in [2.45, 2.75) is 40.5 Å². The van der Waals surface area contributed by atoms with Gasteiger partial charge in [-0.2, -0.15) is 0 Å². The van der Waals surface area contributed by atoms with Gasteiger partial charge in [-0.3, -0.25) is 0 Å². The van der Waals surface area contributed by atoms with Crippen LogP contribution in [0, 0.1) is 17.3 Å². The maximum absolute atomic E-state index is 13.8. The highest BCUT2D eigenvalue weighted by atomic mass is 19.1. The summed E-state index contributed by atoms with van der Waals surface area (Å²) < 4.78 is 26.5. The van der Waals surface area contributed by atoms with Crippen LogP contribution < -0.4 is 0 Å². The van der Waals surface area contributed by atoms with Crippen molar-refractivity contribution >= 4 is 0 Å². The Balaban J connectivity index is 2.72. The van der Waals surface area contributed by atoms with Gasteiger partial charge in [0.2, 0.25) is 0 Å². The van der Waals surface area contributed by atoms with E-state index in [1.165, 1.54) is 13.0 Å². The van der Waals surface area contributed by atoms with E-state index >= 15 is 0 Å².